The lowest BCUT2D eigenvalue weighted by Crippen LogP contribution is -2.31. The van der Waals surface area contributed by atoms with Crippen LogP contribution in [0.3, 0.4) is 0 Å². The van der Waals surface area contributed by atoms with Crippen molar-refractivity contribution in [2.45, 2.75) is 71.3 Å². The van der Waals surface area contributed by atoms with Crippen molar-refractivity contribution < 1.29 is 19.4 Å². The number of anilines is 1. The standard InChI is InChI=1S/C38H58N4O2S2/c1-3-39(37-19-13-33(14-20-37)11-17-35-9-5-7-23-41(35)25-29-43)27-31-45-46-32-28-40(4-2)38-21-15-34(16-22-38)12-18-36-10-6-8-24-42(36)26-30-44/h9,12-13,15-16,18-24,33,36,43-44H,3-8,10-11,14,17,25-32H2,1-2H3/q+2/b18-12+. The molecule has 1 aliphatic carbocycles. The minimum Gasteiger partial charge on any atom is -0.390 e. The van der Waals surface area contributed by atoms with Gasteiger partial charge in [0.15, 0.2) is 24.8 Å². The molecule has 2 unspecified atom stereocenters. The summed E-state index contributed by atoms with van der Waals surface area (Å²) < 4.78 is 4.54. The van der Waals surface area contributed by atoms with Gasteiger partial charge < -0.3 is 20.0 Å². The van der Waals surface area contributed by atoms with E-state index in [0.717, 1.165) is 76.2 Å². The van der Waals surface area contributed by atoms with Gasteiger partial charge in [-0.15, -0.1) is 0 Å². The van der Waals surface area contributed by atoms with Crippen LogP contribution in [0, 0.1) is 5.92 Å². The predicted octanol–water partition coefficient (Wildman–Crippen LogP) is 6.85. The maximum absolute atomic E-state index is 9.38. The summed E-state index contributed by atoms with van der Waals surface area (Å²) in [6.07, 6.45) is 27.7. The third kappa shape index (κ3) is 11.8. The molecule has 0 saturated carbocycles. The molecule has 8 heteroatoms. The predicted molar refractivity (Wildman–Crippen MR) is 202 cm³/mol. The number of aliphatic hydroxyl groups excluding tert-OH is 2. The number of benzene rings is 1. The van der Waals surface area contributed by atoms with Gasteiger partial charge in [-0.05, 0) is 81.4 Å². The zero-order valence-corrected chi connectivity index (χ0v) is 29.9. The molecule has 0 radical (unpaired) electrons. The van der Waals surface area contributed by atoms with E-state index in [-0.39, 0.29) is 13.2 Å². The van der Waals surface area contributed by atoms with Crippen molar-refractivity contribution >= 4 is 45.8 Å². The van der Waals surface area contributed by atoms with Gasteiger partial charge in [-0.2, -0.15) is 0 Å². The SMILES string of the molecule is CCN(CCSSCCN(CC)c1ccc(/C=C/C2CCCC=[N+]2CCO)cc1)C1=CCC(CCC2=CCCC=[N+]2CCO)C=C1. The Bertz CT molecular complexity index is 1240. The minimum atomic E-state index is 0.207. The van der Waals surface area contributed by atoms with Crippen LogP contribution in [0.2, 0.25) is 0 Å². The summed E-state index contributed by atoms with van der Waals surface area (Å²) in [5.41, 5.74) is 5.30. The van der Waals surface area contributed by atoms with Crippen LogP contribution in [0.5, 0.6) is 0 Å². The van der Waals surface area contributed by atoms with E-state index in [1.807, 2.05) is 21.6 Å². The van der Waals surface area contributed by atoms with Crippen molar-refractivity contribution in [1.82, 2.24) is 4.90 Å². The Kier molecular flexibility index (Phi) is 16.6. The number of hydrogen-bond donors (Lipinski definition) is 2. The fraction of sp³-hybridized carbons (Fsp3) is 0.579. The molecular weight excluding hydrogens is 609 g/mol. The Morgan fingerprint density at radius 3 is 2.35 bits per heavy atom. The lowest BCUT2D eigenvalue weighted by atomic mass is 9.93. The normalized spacial score (nSPS) is 19.9. The molecule has 0 aromatic heterocycles. The zero-order valence-electron chi connectivity index (χ0n) is 28.3. The van der Waals surface area contributed by atoms with Gasteiger partial charge in [-0.3, -0.25) is 0 Å². The second-order valence-corrected chi connectivity index (χ2v) is 15.0. The highest BCUT2D eigenvalue weighted by Gasteiger charge is 2.21. The Morgan fingerprint density at radius 2 is 1.65 bits per heavy atom. The largest absolute Gasteiger partial charge is 0.390 e. The highest BCUT2D eigenvalue weighted by atomic mass is 33.1. The van der Waals surface area contributed by atoms with Crippen molar-refractivity contribution in [2.24, 2.45) is 5.92 Å². The molecule has 2 atom stereocenters. The average molecular weight is 667 g/mol. The molecule has 0 fully saturated rings. The van der Waals surface area contributed by atoms with Gasteiger partial charge >= 0.3 is 0 Å². The number of allylic oxidation sites excluding steroid dienone is 5. The number of rotatable bonds is 20. The summed E-state index contributed by atoms with van der Waals surface area (Å²) in [5.74, 6) is 2.84. The summed E-state index contributed by atoms with van der Waals surface area (Å²) in [7, 11) is 3.99. The highest BCUT2D eigenvalue weighted by Crippen LogP contribution is 2.27. The van der Waals surface area contributed by atoms with Crippen LogP contribution in [-0.2, 0) is 0 Å². The first-order valence-electron chi connectivity index (χ1n) is 17.7. The fourth-order valence-corrected chi connectivity index (χ4v) is 8.55. The number of nitrogens with zero attached hydrogens (tertiary/aromatic N) is 4. The molecule has 0 saturated heterocycles. The molecule has 4 rings (SSSR count). The molecule has 1 aromatic carbocycles. The van der Waals surface area contributed by atoms with E-state index >= 15 is 0 Å². The van der Waals surface area contributed by atoms with Gasteiger partial charge in [-0.1, -0.05) is 51.9 Å². The first-order valence-corrected chi connectivity index (χ1v) is 20.1. The Morgan fingerprint density at radius 1 is 0.891 bits per heavy atom. The Labute approximate surface area is 286 Å². The highest BCUT2D eigenvalue weighted by molar-refractivity contribution is 8.76. The van der Waals surface area contributed by atoms with Crippen LogP contribution >= 0.6 is 21.6 Å². The molecule has 2 heterocycles. The molecule has 0 bridgehead atoms. The third-order valence-electron chi connectivity index (χ3n) is 9.27. The molecule has 3 aliphatic rings. The van der Waals surface area contributed by atoms with E-state index in [0.29, 0.717) is 25.0 Å². The number of aliphatic hydroxyl groups is 2. The number of hydrogen-bond acceptors (Lipinski definition) is 6. The van der Waals surface area contributed by atoms with Crippen molar-refractivity contribution in [3.05, 3.63) is 71.6 Å². The summed E-state index contributed by atoms with van der Waals surface area (Å²) >= 11 is 0. The Balaban J connectivity index is 1.12. The zero-order chi connectivity index (χ0) is 32.4. The van der Waals surface area contributed by atoms with E-state index in [4.69, 9.17) is 0 Å². The van der Waals surface area contributed by atoms with E-state index < -0.39 is 0 Å². The average Bonchev–Trinajstić information content (AvgIpc) is 3.10. The molecule has 6 nitrogen and oxygen atoms in total. The van der Waals surface area contributed by atoms with Gasteiger partial charge in [0.1, 0.15) is 25.6 Å². The molecule has 2 N–H and O–H groups in total. The molecule has 1 aromatic rings. The monoisotopic (exact) mass is 666 g/mol. The minimum absolute atomic E-state index is 0.207. The first kappa shape index (κ1) is 36.6. The summed E-state index contributed by atoms with van der Waals surface area (Å²) in [4.78, 5) is 4.99. The molecule has 0 amide bonds. The van der Waals surface area contributed by atoms with E-state index in [1.165, 1.54) is 35.5 Å². The quantitative estimate of drug-likeness (QED) is 0.0903. The molecule has 252 valence electrons. The van der Waals surface area contributed by atoms with Crippen LogP contribution in [0.25, 0.3) is 6.08 Å². The third-order valence-corrected chi connectivity index (χ3v) is 11.6. The van der Waals surface area contributed by atoms with E-state index in [9.17, 15) is 10.2 Å². The summed E-state index contributed by atoms with van der Waals surface area (Å²) in [6.45, 7) is 10.5. The smallest absolute Gasteiger partial charge is 0.177 e. The summed E-state index contributed by atoms with van der Waals surface area (Å²) in [5, 5.41) is 18.8. The van der Waals surface area contributed by atoms with Crippen molar-refractivity contribution in [3.8, 4) is 0 Å². The Hall–Kier alpha value is -2.26. The lowest BCUT2D eigenvalue weighted by Gasteiger charge is -2.27. The molecule has 0 spiro atoms. The number of β-amino-alcohol motifs (C(OH)–C–C–N with tert-alkyl or cyclic N) is 2. The number of likely N-dealkylation sites (N-methyl/N-ethyl adjacent to an activating group) is 1. The van der Waals surface area contributed by atoms with Crippen molar-refractivity contribution in [2.75, 3.05) is 68.9 Å². The van der Waals surface area contributed by atoms with Crippen molar-refractivity contribution in [1.29, 1.82) is 0 Å². The van der Waals surface area contributed by atoms with Crippen molar-refractivity contribution in [3.63, 3.8) is 0 Å². The van der Waals surface area contributed by atoms with Crippen LogP contribution in [0.1, 0.15) is 70.8 Å². The topological polar surface area (TPSA) is 53.0 Å². The maximum Gasteiger partial charge on any atom is 0.177 e. The second kappa shape index (κ2) is 20.9. The second-order valence-electron chi connectivity index (χ2n) is 12.3. The molecule has 46 heavy (non-hydrogen) atoms. The van der Waals surface area contributed by atoms with E-state index in [1.54, 1.807) is 0 Å². The van der Waals surface area contributed by atoms with Gasteiger partial charge in [0, 0.05) is 74.8 Å². The van der Waals surface area contributed by atoms with E-state index in [2.05, 4.69) is 106 Å². The fourth-order valence-electron chi connectivity index (χ4n) is 6.57. The van der Waals surface area contributed by atoms with Gasteiger partial charge in [0.05, 0.1) is 0 Å². The van der Waals surface area contributed by atoms with Gasteiger partial charge in [0.2, 0.25) is 0 Å². The first-order chi connectivity index (χ1) is 22.6. The van der Waals surface area contributed by atoms with Crippen LogP contribution in [0.4, 0.5) is 5.69 Å². The molecule has 2 aliphatic heterocycles. The van der Waals surface area contributed by atoms with Crippen LogP contribution in [0.15, 0.2) is 66.0 Å². The molecular formula is C38H58N4O2S2+2. The summed E-state index contributed by atoms with van der Waals surface area (Å²) in [6, 6.07) is 9.36. The van der Waals surface area contributed by atoms with Crippen LogP contribution in [-0.4, -0.2) is 107 Å². The van der Waals surface area contributed by atoms with Crippen LogP contribution < -0.4 is 4.90 Å². The maximum atomic E-state index is 9.38. The van der Waals surface area contributed by atoms with Gasteiger partial charge in [-0.25, -0.2) is 9.15 Å². The van der Waals surface area contributed by atoms with Gasteiger partial charge in [0.25, 0.3) is 0 Å². The lowest BCUT2D eigenvalue weighted by molar-refractivity contribution is -0.557.